The Morgan fingerprint density at radius 1 is 1.29 bits per heavy atom. The minimum absolute atomic E-state index is 0. The van der Waals surface area contributed by atoms with Crippen LogP contribution in [0.4, 0.5) is 0 Å². The molecule has 0 aliphatic carbocycles. The highest BCUT2D eigenvalue weighted by Gasteiger charge is 2.33. The zero-order chi connectivity index (χ0) is 21.5. The lowest BCUT2D eigenvalue weighted by molar-refractivity contribution is 0.0558. The quantitative estimate of drug-likeness (QED) is 0.540. The summed E-state index contributed by atoms with van der Waals surface area (Å²) >= 11 is 0. The van der Waals surface area contributed by atoms with Gasteiger partial charge in [-0.05, 0) is 65.1 Å². The fourth-order valence-electron chi connectivity index (χ4n) is 4.54. The summed E-state index contributed by atoms with van der Waals surface area (Å²) in [6.45, 7) is 10.1. The number of para-hydroxylation sites is 1. The van der Waals surface area contributed by atoms with Crippen LogP contribution in [0, 0.1) is 0 Å². The van der Waals surface area contributed by atoms with E-state index in [1.165, 1.54) is 0 Å². The number of fused-ring (bicyclic) bond motifs is 1. The summed E-state index contributed by atoms with van der Waals surface area (Å²) in [7, 11) is 1.73. The van der Waals surface area contributed by atoms with E-state index < -0.39 is 0 Å². The number of hydrogen-bond donors (Lipinski definition) is 1. The van der Waals surface area contributed by atoms with E-state index in [2.05, 4.69) is 40.8 Å². The van der Waals surface area contributed by atoms with Crippen molar-refractivity contribution in [3.05, 3.63) is 30.0 Å². The lowest BCUT2D eigenvalue weighted by Crippen LogP contribution is -2.52. The number of rotatable bonds is 10. The van der Waals surface area contributed by atoms with Gasteiger partial charge in [0.2, 0.25) is 0 Å². The van der Waals surface area contributed by atoms with Crippen LogP contribution < -0.4 is 10.1 Å². The molecule has 7 heteroatoms. The third-order valence-corrected chi connectivity index (χ3v) is 5.85. The number of ether oxygens (including phenoxy) is 2. The minimum Gasteiger partial charge on any atom is -0.491 e. The van der Waals surface area contributed by atoms with Crippen molar-refractivity contribution in [1.82, 2.24) is 14.8 Å². The van der Waals surface area contributed by atoms with E-state index in [1.807, 2.05) is 19.1 Å². The van der Waals surface area contributed by atoms with Gasteiger partial charge in [-0.1, -0.05) is 12.1 Å². The average Bonchev–Trinajstić information content (AvgIpc) is 3.06. The molecule has 1 aliphatic rings. The molecule has 0 radical (unpaired) electrons. The number of nitrogens with one attached hydrogen (secondary N) is 1. The van der Waals surface area contributed by atoms with E-state index in [9.17, 15) is 4.79 Å². The van der Waals surface area contributed by atoms with Crippen molar-refractivity contribution in [2.75, 3.05) is 33.4 Å². The molecule has 1 aromatic heterocycles. The van der Waals surface area contributed by atoms with Crippen LogP contribution in [0.3, 0.4) is 0 Å². The lowest BCUT2D eigenvalue weighted by atomic mass is 10.0. The third kappa shape index (κ3) is 5.73. The second kappa shape index (κ2) is 12.3. The van der Waals surface area contributed by atoms with Crippen molar-refractivity contribution in [3.63, 3.8) is 0 Å². The summed E-state index contributed by atoms with van der Waals surface area (Å²) < 4.78 is 13.5. The lowest BCUT2D eigenvalue weighted by Gasteiger charge is -2.38. The van der Waals surface area contributed by atoms with Crippen LogP contribution in [-0.4, -0.2) is 60.9 Å². The molecule has 0 saturated carbocycles. The molecule has 174 valence electrons. The Labute approximate surface area is 192 Å². The summed E-state index contributed by atoms with van der Waals surface area (Å²) in [6, 6.07) is 8.53. The number of aryl methyl sites for hydroxylation is 1. The Balaban J connectivity index is 0.00000341. The van der Waals surface area contributed by atoms with Gasteiger partial charge >= 0.3 is 0 Å². The highest BCUT2D eigenvalue weighted by Crippen LogP contribution is 2.35. The number of carbonyl (C=O) groups excluding carboxylic acids is 1. The molecule has 0 unspecified atom stereocenters. The van der Waals surface area contributed by atoms with Gasteiger partial charge in [0.25, 0.3) is 5.91 Å². The maximum atomic E-state index is 14.0. The van der Waals surface area contributed by atoms with Crippen molar-refractivity contribution in [3.8, 4) is 5.75 Å². The van der Waals surface area contributed by atoms with Gasteiger partial charge < -0.3 is 24.3 Å². The Morgan fingerprint density at radius 2 is 2.06 bits per heavy atom. The molecular weight excluding hydrogens is 414 g/mol. The number of aromatic nitrogens is 1. The molecule has 1 saturated heterocycles. The second-order valence-electron chi connectivity index (χ2n) is 8.29. The van der Waals surface area contributed by atoms with Crippen LogP contribution >= 0.6 is 12.4 Å². The maximum absolute atomic E-state index is 14.0. The van der Waals surface area contributed by atoms with Crippen molar-refractivity contribution >= 4 is 29.2 Å². The number of halogens is 1. The molecule has 3 rings (SSSR count). The number of methoxy groups -OCH3 is 1. The van der Waals surface area contributed by atoms with Crippen LogP contribution in [0.25, 0.3) is 10.9 Å². The third-order valence-electron chi connectivity index (χ3n) is 5.85. The van der Waals surface area contributed by atoms with Crippen LogP contribution in [0.1, 0.15) is 56.9 Å². The molecule has 0 bridgehead atoms. The van der Waals surface area contributed by atoms with Crippen LogP contribution in [0.5, 0.6) is 5.75 Å². The molecule has 1 amide bonds. The second-order valence-corrected chi connectivity index (χ2v) is 8.29. The standard InChI is InChI=1S/C24H37N3O3.ClH/c1-5-30-23-20-12-6-7-13-21(20)26(15-8-9-16-29-4)22(23)24(28)27(18(2)3)19-11-10-14-25-17-19;/h6-7,12-13,18-19,25H,5,8-11,14-17H2,1-4H3;1H/t19-;/m1./s1. The maximum Gasteiger partial charge on any atom is 0.274 e. The van der Waals surface area contributed by atoms with E-state index in [-0.39, 0.29) is 30.4 Å². The molecule has 31 heavy (non-hydrogen) atoms. The number of unbranched alkanes of at least 4 members (excludes halogenated alkanes) is 1. The normalized spacial score (nSPS) is 16.4. The highest BCUT2D eigenvalue weighted by molar-refractivity contribution is 6.04. The molecule has 2 aromatic rings. The summed E-state index contributed by atoms with van der Waals surface area (Å²) in [6.07, 6.45) is 4.04. The summed E-state index contributed by atoms with van der Waals surface area (Å²) in [5.41, 5.74) is 1.75. The molecule has 6 nitrogen and oxygen atoms in total. The number of benzene rings is 1. The molecule has 1 fully saturated rings. The Hall–Kier alpha value is -1.76. The van der Waals surface area contributed by atoms with E-state index in [1.54, 1.807) is 7.11 Å². The van der Waals surface area contributed by atoms with E-state index in [4.69, 9.17) is 9.47 Å². The Kier molecular flexibility index (Phi) is 10.1. The SMILES string of the molecule is CCOc1c(C(=O)N(C(C)C)[C@@H]2CCCNC2)n(CCCCOC)c2ccccc12.Cl. The Bertz CT molecular complexity index is 831. The van der Waals surface area contributed by atoms with Crippen molar-refractivity contribution < 1.29 is 14.3 Å². The molecule has 1 atom stereocenters. The zero-order valence-corrected chi connectivity index (χ0v) is 20.2. The van der Waals surface area contributed by atoms with Crippen LogP contribution in [0.2, 0.25) is 0 Å². The van der Waals surface area contributed by atoms with Crippen LogP contribution in [-0.2, 0) is 11.3 Å². The van der Waals surface area contributed by atoms with Gasteiger partial charge in [0.15, 0.2) is 11.4 Å². The Morgan fingerprint density at radius 3 is 2.71 bits per heavy atom. The highest BCUT2D eigenvalue weighted by atomic mass is 35.5. The number of carbonyl (C=O) groups is 1. The summed E-state index contributed by atoms with van der Waals surface area (Å²) in [5, 5.41) is 4.47. The van der Waals surface area contributed by atoms with E-state index >= 15 is 0 Å². The number of piperidine rings is 1. The largest absolute Gasteiger partial charge is 0.491 e. The predicted octanol–water partition coefficient (Wildman–Crippen LogP) is 4.49. The fraction of sp³-hybridized carbons (Fsp3) is 0.625. The fourth-order valence-corrected chi connectivity index (χ4v) is 4.54. The molecule has 2 heterocycles. The first-order valence-electron chi connectivity index (χ1n) is 11.4. The van der Waals surface area contributed by atoms with Gasteiger partial charge in [-0.25, -0.2) is 0 Å². The first-order valence-corrected chi connectivity index (χ1v) is 11.4. The van der Waals surface area contributed by atoms with Gasteiger partial charge in [0.05, 0.1) is 12.1 Å². The predicted molar refractivity (Wildman–Crippen MR) is 129 cm³/mol. The molecule has 1 aliphatic heterocycles. The van der Waals surface area contributed by atoms with Gasteiger partial charge in [0.1, 0.15) is 0 Å². The van der Waals surface area contributed by atoms with Crippen LogP contribution in [0.15, 0.2) is 24.3 Å². The van der Waals surface area contributed by atoms with E-state index in [0.717, 1.165) is 68.6 Å². The van der Waals surface area contributed by atoms with Gasteiger partial charge in [-0.3, -0.25) is 4.79 Å². The van der Waals surface area contributed by atoms with Gasteiger partial charge in [0, 0.05) is 44.3 Å². The van der Waals surface area contributed by atoms with Gasteiger partial charge in [-0.15, -0.1) is 12.4 Å². The van der Waals surface area contributed by atoms with Crippen molar-refractivity contribution in [2.45, 2.75) is 65.1 Å². The number of amides is 1. The van der Waals surface area contributed by atoms with Crippen molar-refractivity contribution in [2.24, 2.45) is 0 Å². The monoisotopic (exact) mass is 451 g/mol. The summed E-state index contributed by atoms with van der Waals surface area (Å²) in [4.78, 5) is 16.1. The topological polar surface area (TPSA) is 55.7 Å². The van der Waals surface area contributed by atoms with Gasteiger partial charge in [-0.2, -0.15) is 0 Å². The van der Waals surface area contributed by atoms with E-state index in [0.29, 0.717) is 12.3 Å². The molecule has 0 spiro atoms. The average molecular weight is 452 g/mol. The summed E-state index contributed by atoms with van der Waals surface area (Å²) in [5.74, 6) is 0.796. The smallest absolute Gasteiger partial charge is 0.274 e. The first-order chi connectivity index (χ1) is 14.6. The molecule has 1 N–H and O–H groups in total. The number of hydrogen-bond acceptors (Lipinski definition) is 4. The first kappa shape index (κ1) is 25.5. The molecule has 1 aromatic carbocycles. The minimum atomic E-state index is 0. The number of nitrogens with zero attached hydrogens (tertiary/aromatic N) is 2. The zero-order valence-electron chi connectivity index (χ0n) is 19.4. The molecular formula is C24H38ClN3O3. The van der Waals surface area contributed by atoms with Crippen molar-refractivity contribution in [1.29, 1.82) is 0 Å².